The molecule has 4 heteroatoms. The van der Waals surface area contributed by atoms with Crippen molar-refractivity contribution in [2.24, 2.45) is 5.92 Å². The Balaban J connectivity index is 1.78. The molecule has 0 bridgehead atoms. The lowest BCUT2D eigenvalue weighted by atomic mass is 10.0. The van der Waals surface area contributed by atoms with Crippen LogP contribution in [0.25, 0.3) is 0 Å². The fourth-order valence-corrected chi connectivity index (χ4v) is 2.32. The van der Waals surface area contributed by atoms with Crippen LogP contribution in [-0.4, -0.2) is 32.3 Å². The Hall–Kier alpha value is -1.39. The summed E-state index contributed by atoms with van der Waals surface area (Å²) in [4.78, 5) is 11.3. The van der Waals surface area contributed by atoms with Gasteiger partial charge in [0.2, 0.25) is 0 Å². The minimum atomic E-state index is -0.295. The van der Waals surface area contributed by atoms with E-state index in [0.29, 0.717) is 17.6 Å². The van der Waals surface area contributed by atoms with Crippen molar-refractivity contribution in [2.45, 2.75) is 26.0 Å². The first-order valence-electron chi connectivity index (χ1n) is 6.70. The second kappa shape index (κ2) is 6.68. The molecule has 1 fully saturated rings. The summed E-state index contributed by atoms with van der Waals surface area (Å²) in [6.07, 6.45) is 1.49. The maximum absolute atomic E-state index is 11.3. The summed E-state index contributed by atoms with van der Waals surface area (Å²) in [5.74, 6) is 0.311. The summed E-state index contributed by atoms with van der Waals surface area (Å²) in [5, 5.41) is 3.44. The Labute approximate surface area is 114 Å². The number of hydrogen-bond donors (Lipinski definition) is 1. The highest BCUT2D eigenvalue weighted by atomic mass is 16.5. The molecule has 1 aromatic carbocycles. The Kier molecular flexibility index (Phi) is 4.93. The number of ether oxygens (including phenoxy) is 2. The molecular formula is C15H21NO3. The van der Waals surface area contributed by atoms with Gasteiger partial charge in [-0.3, -0.25) is 0 Å². The first-order valence-corrected chi connectivity index (χ1v) is 6.70. The summed E-state index contributed by atoms with van der Waals surface area (Å²) in [6, 6.07) is 7.50. The van der Waals surface area contributed by atoms with E-state index in [1.54, 1.807) is 12.1 Å². The minimum Gasteiger partial charge on any atom is -0.465 e. The van der Waals surface area contributed by atoms with Gasteiger partial charge in [-0.25, -0.2) is 4.79 Å². The molecule has 0 spiro atoms. The van der Waals surface area contributed by atoms with Crippen LogP contribution in [0.15, 0.2) is 24.3 Å². The maximum atomic E-state index is 11.3. The quantitative estimate of drug-likeness (QED) is 0.825. The molecule has 2 rings (SSSR count). The minimum absolute atomic E-state index is 0.295. The second-order valence-corrected chi connectivity index (χ2v) is 4.94. The van der Waals surface area contributed by atoms with Gasteiger partial charge in [-0.15, -0.1) is 0 Å². The SMILES string of the molecule is COC(=O)c1ccc(CNCC2CCOC2C)cc1. The van der Waals surface area contributed by atoms with Gasteiger partial charge in [-0.2, -0.15) is 0 Å². The van der Waals surface area contributed by atoms with Crippen LogP contribution < -0.4 is 5.32 Å². The molecule has 104 valence electrons. The van der Waals surface area contributed by atoms with E-state index < -0.39 is 0 Å². The lowest BCUT2D eigenvalue weighted by Crippen LogP contribution is -2.26. The molecule has 1 aliphatic rings. The van der Waals surface area contributed by atoms with Gasteiger partial charge in [-0.05, 0) is 37.0 Å². The zero-order chi connectivity index (χ0) is 13.7. The van der Waals surface area contributed by atoms with Gasteiger partial charge in [0, 0.05) is 19.7 Å². The van der Waals surface area contributed by atoms with Crippen molar-refractivity contribution in [2.75, 3.05) is 20.3 Å². The summed E-state index contributed by atoms with van der Waals surface area (Å²) in [7, 11) is 1.39. The van der Waals surface area contributed by atoms with Crippen LogP contribution in [0.1, 0.15) is 29.3 Å². The van der Waals surface area contributed by atoms with Crippen LogP contribution in [0.3, 0.4) is 0 Å². The summed E-state index contributed by atoms with van der Waals surface area (Å²) >= 11 is 0. The lowest BCUT2D eigenvalue weighted by Gasteiger charge is -2.14. The highest BCUT2D eigenvalue weighted by Crippen LogP contribution is 2.19. The Morgan fingerprint density at radius 3 is 2.74 bits per heavy atom. The third kappa shape index (κ3) is 3.78. The van der Waals surface area contributed by atoms with Crippen molar-refractivity contribution in [1.82, 2.24) is 5.32 Å². The Morgan fingerprint density at radius 2 is 2.16 bits per heavy atom. The zero-order valence-corrected chi connectivity index (χ0v) is 11.5. The molecule has 1 saturated heterocycles. The highest BCUT2D eigenvalue weighted by Gasteiger charge is 2.23. The Bertz CT molecular complexity index is 416. The van der Waals surface area contributed by atoms with Crippen molar-refractivity contribution < 1.29 is 14.3 Å². The standard InChI is InChI=1S/C15H21NO3/c1-11-14(7-8-19-11)10-16-9-12-3-5-13(6-4-12)15(17)18-2/h3-6,11,14,16H,7-10H2,1-2H3. The maximum Gasteiger partial charge on any atom is 0.337 e. The summed E-state index contributed by atoms with van der Waals surface area (Å²) in [5.41, 5.74) is 1.75. The van der Waals surface area contributed by atoms with Crippen molar-refractivity contribution in [3.05, 3.63) is 35.4 Å². The second-order valence-electron chi connectivity index (χ2n) is 4.94. The largest absolute Gasteiger partial charge is 0.465 e. The summed E-state index contributed by atoms with van der Waals surface area (Å²) < 4.78 is 10.2. The number of nitrogens with one attached hydrogen (secondary N) is 1. The molecular weight excluding hydrogens is 242 g/mol. The number of rotatable bonds is 5. The average Bonchev–Trinajstić information content (AvgIpc) is 2.84. The van der Waals surface area contributed by atoms with Gasteiger partial charge in [0.1, 0.15) is 0 Å². The number of carbonyl (C=O) groups excluding carboxylic acids is 1. The molecule has 2 unspecified atom stereocenters. The summed E-state index contributed by atoms with van der Waals surface area (Å²) in [6.45, 7) is 4.79. The third-order valence-electron chi connectivity index (χ3n) is 3.64. The van der Waals surface area contributed by atoms with Gasteiger partial charge >= 0.3 is 5.97 Å². The molecule has 1 aliphatic heterocycles. The number of esters is 1. The van der Waals surface area contributed by atoms with E-state index in [2.05, 4.69) is 17.0 Å². The Morgan fingerprint density at radius 1 is 1.42 bits per heavy atom. The average molecular weight is 263 g/mol. The van der Waals surface area contributed by atoms with Gasteiger partial charge in [0.15, 0.2) is 0 Å². The molecule has 1 heterocycles. The molecule has 2 atom stereocenters. The van der Waals surface area contributed by atoms with Crippen molar-refractivity contribution >= 4 is 5.97 Å². The molecule has 19 heavy (non-hydrogen) atoms. The topological polar surface area (TPSA) is 47.6 Å². The van der Waals surface area contributed by atoms with Crippen LogP contribution in [-0.2, 0) is 16.0 Å². The van der Waals surface area contributed by atoms with E-state index in [1.807, 2.05) is 12.1 Å². The van der Waals surface area contributed by atoms with Crippen molar-refractivity contribution in [3.8, 4) is 0 Å². The normalized spacial score (nSPS) is 22.4. The van der Waals surface area contributed by atoms with Crippen molar-refractivity contribution in [1.29, 1.82) is 0 Å². The van der Waals surface area contributed by atoms with Crippen LogP contribution in [0.5, 0.6) is 0 Å². The van der Waals surface area contributed by atoms with Gasteiger partial charge in [0.25, 0.3) is 0 Å². The predicted octanol–water partition coefficient (Wildman–Crippen LogP) is 1.99. The van der Waals surface area contributed by atoms with Gasteiger partial charge < -0.3 is 14.8 Å². The van der Waals surface area contributed by atoms with Crippen LogP contribution in [0.4, 0.5) is 0 Å². The smallest absolute Gasteiger partial charge is 0.337 e. The van der Waals surface area contributed by atoms with Crippen LogP contribution >= 0.6 is 0 Å². The molecule has 4 nitrogen and oxygen atoms in total. The number of hydrogen-bond acceptors (Lipinski definition) is 4. The molecule has 0 aliphatic carbocycles. The third-order valence-corrected chi connectivity index (χ3v) is 3.64. The molecule has 0 aromatic heterocycles. The van der Waals surface area contributed by atoms with E-state index in [9.17, 15) is 4.79 Å². The van der Waals surface area contributed by atoms with E-state index in [4.69, 9.17) is 4.74 Å². The van der Waals surface area contributed by atoms with Crippen LogP contribution in [0.2, 0.25) is 0 Å². The van der Waals surface area contributed by atoms with Crippen molar-refractivity contribution in [3.63, 3.8) is 0 Å². The molecule has 0 saturated carbocycles. The predicted molar refractivity (Wildman–Crippen MR) is 73.0 cm³/mol. The van der Waals surface area contributed by atoms with Crippen LogP contribution in [0, 0.1) is 5.92 Å². The van der Waals surface area contributed by atoms with E-state index in [1.165, 1.54) is 12.7 Å². The first-order chi connectivity index (χ1) is 9.20. The van der Waals surface area contributed by atoms with Gasteiger partial charge in [-0.1, -0.05) is 12.1 Å². The van der Waals surface area contributed by atoms with E-state index in [-0.39, 0.29) is 5.97 Å². The zero-order valence-electron chi connectivity index (χ0n) is 11.5. The monoisotopic (exact) mass is 263 g/mol. The highest BCUT2D eigenvalue weighted by molar-refractivity contribution is 5.89. The fourth-order valence-electron chi connectivity index (χ4n) is 2.32. The molecule has 1 aromatic rings. The number of methoxy groups -OCH3 is 1. The van der Waals surface area contributed by atoms with E-state index >= 15 is 0 Å². The molecule has 1 N–H and O–H groups in total. The molecule has 0 amide bonds. The molecule has 0 radical (unpaired) electrons. The van der Waals surface area contributed by atoms with E-state index in [0.717, 1.165) is 26.1 Å². The lowest BCUT2D eigenvalue weighted by molar-refractivity contribution is 0.0600. The fraction of sp³-hybridized carbons (Fsp3) is 0.533. The first kappa shape index (κ1) is 14.0. The van der Waals surface area contributed by atoms with Gasteiger partial charge in [0.05, 0.1) is 18.8 Å². The number of benzene rings is 1. The number of carbonyl (C=O) groups is 1.